The van der Waals surface area contributed by atoms with Crippen LogP contribution < -0.4 is 0 Å². The zero-order valence-electron chi connectivity index (χ0n) is 16.8. The van der Waals surface area contributed by atoms with E-state index in [-0.39, 0.29) is 17.1 Å². The predicted octanol–water partition coefficient (Wildman–Crippen LogP) is 2.04. The van der Waals surface area contributed by atoms with Gasteiger partial charge in [-0.3, -0.25) is 0 Å². The molecule has 0 aromatic carbocycles. The van der Waals surface area contributed by atoms with Crippen molar-refractivity contribution in [1.82, 2.24) is 19.8 Å². The van der Waals surface area contributed by atoms with Crippen molar-refractivity contribution in [3.63, 3.8) is 0 Å². The number of amidine groups is 2. The Labute approximate surface area is 189 Å². The summed E-state index contributed by atoms with van der Waals surface area (Å²) in [5, 5.41) is 17.6. The first-order valence-corrected chi connectivity index (χ1v) is 9.69. The minimum Gasteiger partial charge on any atom is -0.741 e. The second-order valence-corrected chi connectivity index (χ2v) is 6.05. The van der Waals surface area contributed by atoms with Crippen LogP contribution in [0.4, 0.5) is 0 Å². The Kier molecular flexibility index (Phi) is 13.5. The van der Waals surface area contributed by atoms with Crippen molar-refractivity contribution in [2.45, 2.75) is 34.6 Å². The fraction of sp³-hybridized carbons (Fsp3) is 0.529. The fourth-order valence-electron chi connectivity index (χ4n) is 2.07. The third kappa shape index (κ3) is 8.14. The van der Waals surface area contributed by atoms with Crippen LogP contribution in [0.5, 0.6) is 0 Å². The molecular weight excluding hydrogens is 444 g/mol. The summed E-state index contributed by atoms with van der Waals surface area (Å²) in [5.41, 5.74) is 0.901. The van der Waals surface area contributed by atoms with Crippen LogP contribution in [0, 0.1) is 0 Å². The zero-order chi connectivity index (χ0) is 20.2. The molecule has 0 N–H and O–H groups in total. The molecule has 8 nitrogen and oxygen atoms in total. The van der Waals surface area contributed by atoms with E-state index in [1.807, 2.05) is 37.5 Å². The largest absolute Gasteiger partial charge is 2.00 e. The second kappa shape index (κ2) is 14.3. The maximum atomic E-state index is 5.32. The summed E-state index contributed by atoms with van der Waals surface area (Å²) in [6.07, 6.45) is 3.26. The van der Waals surface area contributed by atoms with Crippen LogP contribution in [0.2, 0.25) is 0 Å². The van der Waals surface area contributed by atoms with Crippen LogP contribution in [0.15, 0.2) is 38.9 Å². The van der Waals surface area contributed by atoms with E-state index in [2.05, 4.69) is 30.4 Å². The molecule has 0 aliphatic rings. The number of rotatable bonds is 8. The minimum absolute atomic E-state index is 0. The average Bonchev–Trinajstić information content (AvgIpc) is 2.69. The molecule has 0 unspecified atom stereocenters. The maximum Gasteiger partial charge on any atom is 2.00 e. The first-order valence-electron chi connectivity index (χ1n) is 8.87. The van der Waals surface area contributed by atoms with Crippen molar-refractivity contribution in [3.05, 3.63) is 24.3 Å². The van der Waals surface area contributed by atoms with Crippen LogP contribution in [-0.2, 0) is 42.3 Å². The first-order chi connectivity index (χ1) is 13.0. The van der Waals surface area contributed by atoms with Crippen molar-refractivity contribution in [3.8, 4) is 0 Å². The Morgan fingerprint density at radius 2 is 1.25 bits per heavy atom. The normalized spacial score (nSPS) is 13.2. The Hall–Kier alpha value is -1.68. The van der Waals surface area contributed by atoms with Gasteiger partial charge in [0.25, 0.3) is 0 Å². The van der Waals surface area contributed by atoms with Gasteiger partial charge in [-0.15, -0.1) is 5.10 Å². The number of nitrogens with zero attached hydrogens (tertiary/aromatic N) is 8. The van der Waals surface area contributed by atoms with E-state index in [0.29, 0.717) is 27.6 Å². The van der Waals surface area contributed by atoms with Gasteiger partial charge in [-0.25, -0.2) is 9.97 Å². The molecule has 157 valence electrons. The molecule has 0 saturated heterocycles. The van der Waals surface area contributed by atoms with Gasteiger partial charge in [-0.05, 0) is 40.7 Å². The maximum absolute atomic E-state index is 5.32. The molecule has 0 saturated carbocycles. The monoisotopic (exact) mass is 469 g/mol. The third-order valence-electron chi connectivity index (χ3n) is 3.71. The van der Waals surface area contributed by atoms with Gasteiger partial charge in [0.15, 0.2) is 11.5 Å². The van der Waals surface area contributed by atoms with Gasteiger partial charge in [-0.1, -0.05) is 0 Å². The van der Waals surface area contributed by atoms with E-state index in [1.165, 1.54) is 0 Å². The van der Waals surface area contributed by atoms with Gasteiger partial charge in [-0.2, -0.15) is 15.3 Å². The molecule has 0 aliphatic carbocycles. The van der Waals surface area contributed by atoms with Gasteiger partial charge < -0.3 is 35.1 Å². The van der Waals surface area contributed by atoms with Gasteiger partial charge in [0.2, 0.25) is 0 Å². The van der Waals surface area contributed by atoms with Crippen molar-refractivity contribution >= 4 is 47.0 Å². The van der Waals surface area contributed by atoms with E-state index < -0.39 is 0 Å². The Morgan fingerprint density at radius 1 is 0.821 bits per heavy atom. The van der Waals surface area contributed by atoms with Crippen LogP contribution >= 0.6 is 0 Å². The smallest absolute Gasteiger partial charge is 0.741 e. The van der Waals surface area contributed by atoms with E-state index in [9.17, 15) is 0 Å². The molecule has 0 amide bonds. The van der Waals surface area contributed by atoms with Gasteiger partial charge >= 0.3 is 17.1 Å². The Bertz CT molecular complexity index is 698. The van der Waals surface area contributed by atoms with E-state index in [4.69, 9.17) is 25.3 Å². The molecule has 11 heteroatoms. The summed E-state index contributed by atoms with van der Waals surface area (Å²) in [6.45, 7) is 12.9. The van der Waals surface area contributed by atoms with E-state index >= 15 is 0 Å². The second-order valence-electron chi connectivity index (χ2n) is 5.32. The average molecular weight is 470 g/mol. The molecule has 0 fully saturated rings. The molecule has 1 radical (unpaired) electrons. The number of hydrogen-bond acceptors (Lipinski definition) is 8. The predicted molar refractivity (Wildman–Crippen MR) is 117 cm³/mol. The molecule has 0 atom stereocenters. The topological polar surface area (TPSA) is 81.7 Å². The zero-order valence-corrected chi connectivity index (χ0v) is 19.3. The van der Waals surface area contributed by atoms with Crippen molar-refractivity contribution in [2.75, 3.05) is 26.2 Å². The van der Waals surface area contributed by atoms with Crippen LogP contribution in [0.3, 0.4) is 0 Å². The quantitative estimate of drug-likeness (QED) is 0.190. The molecule has 0 bridgehead atoms. The molecule has 1 aromatic rings. The third-order valence-corrected chi connectivity index (χ3v) is 4.39. The number of hydrogen-bond donors (Lipinski definition) is 0. The number of aromatic nitrogens is 2. The van der Waals surface area contributed by atoms with Gasteiger partial charge in [0.1, 0.15) is 0 Å². The molecule has 1 heterocycles. The Balaban J connectivity index is 0.00000729. The Morgan fingerprint density at radius 3 is 1.68 bits per heavy atom. The molecular formula is C17H26CuN8S2. The SMILES string of the molecule is CCN(CC)C([S-])=NN=C(C)C(=NN=C([S-])N(CC)CC)c1ncccn1.[Cu+2]. The molecule has 28 heavy (non-hydrogen) atoms. The molecule has 1 aromatic heterocycles. The summed E-state index contributed by atoms with van der Waals surface area (Å²) in [6, 6.07) is 1.73. The minimum atomic E-state index is 0. The van der Waals surface area contributed by atoms with Gasteiger partial charge in [0.05, 0.1) is 5.71 Å². The summed E-state index contributed by atoms with van der Waals surface area (Å²) in [7, 11) is 0. The summed E-state index contributed by atoms with van der Waals surface area (Å²) < 4.78 is 0. The first kappa shape index (κ1) is 26.3. The van der Waals surface area contributed by atoms with Gasteiger partial charge in [0, 0.05) is 48.9 Å². The molecule has 1 rings (SSSR count). The fourth-order valence-corrected chi connectivity index (χ4v) is 2.67. The molecule has 0 aliphatic heterocycles. The standard InChI is InChI=1S/C17H28N8S2.Cu/c1-6-24(7-2)16(26)22-20-13(5)14(15-18-11-10-12-19-15)21-23-17(27)25(8-3)9-4;/h10-12H,6-9H2,1-5H3,(H,22,26)(H,23,27);/q;+2/p-2. The summed E-state index contributed by atoms with van der Waals surface area (Å²) in [5.74, 6) is 0.397. The van der Waals surface area contributed by atoms with Crippen LogP contribution in [0.25, 0.3) is 0 Å². The van der Waals surface area contributed by atoms with Crippen molar-refractivity contribution < 1.29 is 17.1 Å². The van der Waals surface area contributed by atoms with E-state index in [1.54, 1.807) is 25.4 Å². The van der Waals surface area contributed by atoms with Crippen LogP contribution in [0.1, 0.15) is 40.4 Å². The summed E-state index contributed by atoms with van der Waals surface area (Å²) in [4.78, 5) is 12.3. The van der Waals surface area contributed by atoms with Crippen molar-refractivity contribution in [2.24, 2.45) is 20.4 Å². The summed E-state index contributed by atoms with van der Waals surface area (Å²) >= 11 is 10.6. The molecule has 0 spiro atoms. The van der Waals surface area contributed by atoms with E-state index in [0.717, 1.165) is 26.2 Å². The van der Waals surface area contributed by atoms with Crippen molar-refractivity contribution in [1.29, 1.82) is 0 Å². The van der Waals surface area contributed by atoms with Crippen LogP contribution in [-0.4, -0.2) is 67.7 Å².